The van der Waals surface area contributed by atoms with Crippen LogP contribution in [0.2, 0.25) is 0 Å². The van der Waals surface area contributed by atoms with Gasteiger partial charge in [-0.15, -0.1) is 0 Å². The minimum atomic E-state index is -0.205. The van der Waals surface area contributed by atoms with Crippen LogP contribution in [0.3, 0.4) is 0 Å². The van der Waals surface area contributed by atoms with Crippen molar-refractivity contribution in [2.75, 3.05) is 11.9 Å². The monoisotopic (exact) mass is 263 g/mol. The van der Waals surface area contributed by atoms with Crippen molar-refractivity contribution in [3.63, 3.8) is 0 Å². The van der Waals surface area contributed by atoms with E-state index in [1.54, 1.807) is 18.3 Å². The van der Waals surface area contributed by atoms with E-state index in [0.717, 1.165) is 32.2 Å². The predicted octanol–water partition coefficient (Wildman–Crippen LogP) is 1.55. The largest absolute Gasteiger partial charge is 0.393 e. The fraction of sp³-hybridized carbons (Fsp3) is 0.571. The van der Waals surface area contributed by atoms with E-state index in [-0.39, 0.29) is 18.1 Å². The summed E-state index contributed by atoms with van der Waals surface area (Å²) in [6.07, 6.45) is 4.67. The second-order valence-corrected chi connectivity index (χ2v) is 4.91. The van der Waals surface area contributed by atoms with Crippen LogP contribution in [0.1, 0.15) is 43.0 Å². The molecular formula is C14H21N3O2. The smallest absolute Gasteiger partial charge is 0.255 e. The second-order valence-electron chi connectivity index (χ2n) is 4.91. The summed E-state index contributed by atoms with van der Waals surface area (Å²) in [5.74, 6) is 0.531. The van der Waals surface area contributed by atoms with E-state index in [2.05, 4.69) is 15.6 Å². The molecule has 1 saturated carbocycles. The van der Waals surface area contributed by atoms with Gasteiger partial charge in [0.15, 0.2) is 0 Å². The maximum atomic E-state index is 12.2. The molecule has 1 aromatic heterocycles. The molecule has 5 nitrogen and oxygen atoms in total. The van der Waals surface area contributed by atoms with Crippen LogP contribution in [-0.2, 0) is 0 Å². The Labute approximate surface area is 113 Å². The molecule has 0 saturated heterocycles. The maximum absolute atomic E-state index is 12.2. The highest BCUT2D eigenvalue weighted by Gasteiger charge is 2.22. The van der Waals surface area contributed by atoms with Crippen molar-refractivity contribution in [1.29, 1.82) is 0 Å². The van der Waals surface area contributed by atoms with Gasteiger partial charge in [-0.05, 0) is 44.7 Å². The van der Waals surface area contributed by atoms with Crippen molar-refractivity contribution in [2.24, 2.45) is 0 Å². The molecule has 1 amide bonds. The molecule has 0 spiro atoms. The first-order valence-electron chi connectivity index (χ1n) is 6.88. The summed E-state index contributed by atoms with van der Waals surface area (Å²) in [5, 5.41) is 15.6. The lowest BCUT2D eigenvalue weighted by Gasteiger charge is -2.26. The van der Waals surface area contributed by atoms with E-state index >= 15 is 0 Å². The fourth-order valence-corrected chi connectivity index (χ4v) is 2.38. The number of aliphatic hydroxyl groups is 1. The summed E-state index contributed by atoms with van der Waals surface area (Å²) >= 11 is 0. The van der Waals surface area contributed by atoms with Crippen molar-refractivity contribution < 1.29 is 9.90 Å². The first kappa shape index (κ1) is 13.8. The summed E-state index contributed by atoms with van der Waals surface area (Å²) in [7, 11) is 0. The lowest BCUT2D eigenvalue weighted by Crippen LogP contribution is -2.38. The zero-order valence-corrected chi connectivity index (χ0v) is 11.2. The van der Waals surface area contributed by atoms with Gasteiger partial charge in [0.25, 0.3) is 5.91 Å². The van der Waals surface area contributed by atoms with Crippen LogP contribution in [0.5, 0.6) is 0 Å². The number of carbonyl (C=O) groups is 1. The molecule has 1 heterocycles. The van der Waals surface area contributed by atoms with Crippen LogP contribution in [0.25, 0.3) is 0 Å². The van der Waals surface area contributed by atoms with Crippen LogP contribution in [0, 0.1) is 0 Å². The van der Waals surface area contributed by atoms with Crippen molar-refractivity contribution >= 4 is 11.7 Å². The lowest BCUT2D eigenvalue weighted by atomic mass is 9.93. The van der Waals surface area contributed by atoms with E-state index in [1.807, 2.05) is 6.92 Å². The molecule has 0 radical (unpaired) electrons. The van der Waals surface area contributed by atoms with E-state index in [1.165, 1.54) is 0 Å². The van der Waals surface area contributed by atoms with E-state index < -0.39 is 0 Å². The van der Waals surface area contributed by atoms with Crippen LogP contribution in [0.15, 0.2) is 18.3 Å². The fourth-order valence-electron chi connectivity index (χ4n) is 2.38. The van der Waals surface area contributed by atoms with Crippen molar-refractivity contribution in [1.82, 2.24) is 10.3 Å². The average molecular weight is 263 g/mol. The highest BCUT2D eigenvalue weighted by atomic mass is 16.3. The molecule has 19 heavy (non-hydrogen) atoms. The number of aliphatic hydroxyl groups excluding tert-OH is 1. The van der Waals surface area contributed by atoms with Gasteiger partial charge in [-0.25, -0.2) is 4.98 Å². The molecule has 1 aromatic rings. The number of pyridine rings is 1. The number of anilines is 1. The summed E-state index contributed by atoms with van der Waals surface area (Å²) in [4.78, 5) is 16.4. The number of hydrogen-bond donors (Lipinski definition) is 3. The van der Waals surface area contributed by atoms with Gasteiger partial charge in [0.1, 0.15) is 5.82 Å². The third-order valence-corrected chi connectivity index (χ3v) is 3.43. The Kier molecular flexibility index (Phi) is 4.74. The SMILES string of the molecule is CCNc1ncccc1C(=O)NC1CCC(O)CC1. The molecule has 0 aromatic carbocycles. The Morgan fingerprint density at radius 3 is 2.84 bits per heavy atom. The molecule has 3 N–H and O–H groups in total. The molecule has 1 aliphatic rings. The first-order chi connectivity index (χ1) is 9.20. The van der Waals surface area contributed by atoms with Gasteiger partial charge in [0.05, 0.1) is 11.7 Å². The standard InChI is InChI=1S/C14H21N3O2/c1-2-15-13-12(4-3-9-16-13)14(19)17-10-5-7-11(18)8-6-10/h3-4,9-11,18H,2,5-8H2,1H3,(H,15,16)(H,17,19). The van der Waals surface area contributed by atoms with Crippen molar-refractivity contribution in [3.8, 4) is 0 Å². The highest BCUT2D eigenvalue weighted by molar-refractivity contribution is 5.98. The third-order valence-electron chi connectivity index (χ3n) is 3.43. The number of rotatable bonds is 4. The molecule has 1 fully saturated rings. The average Bonchev–Trinajstić information content (AvgIpc) is 2.42. The number of aromatic nitrogens is 1. The molecule has 0 bridgehead atoms. The Morgan fingerprint density at radius 1 is 1.42 bits per heavy atom. The first-order valence-corrected chi connectivity index (χ1v) is 6.88. The maximum Gasteiger partial charge on any atom is 0.255 e. The summed E-state index contributed by atoms with van der Waals surface area (Å²) in [5.41, 5.74) is 0.579. The number of nitrogens with one attached hydrogen (secondary N) is 2. The van der Waals surface area contributed by atoms with Crippen LogP contribution in [-0.4, -0.2) is 34.7 Å². The quantitative estimate of drug-likeness (QED) is 0.770. The van der Waals surface area contributed by atoms with Gasteiger partial charge in [0.2, 0.25) is 0 Å². The Morgan fingerprint density at radius 2 is 2.16 bits per heavy atom. The van der Waals surface area contributed by atoms with Gasteiger partial charge in [-0.3, -0.25) is 4.79 Å². The summed E-state index contributed by atoms with van der Waals surface area (Å²) in [6.45, 7) is 2.70. The minimum Gasteiger partial charge on any atom is -0.393 e. The molecule has 0 atom stereocenters. The van der Waals surface area contributed by atoms with Crippen LogP contribution < -0.4 is 10.6 Å². The lowest BCUT2D eigenvalue weighted by molar-refractivity contribution is 0.0868. The van der Waals surface area contributed by atoms with E-state index in [9.17, 15) is 9.90 Å². The normalized spacial score (nSPS) is 22.8. The molecule has 0 aliphatic heterocycles. The second kappa shape index (κ2) is 6.52. The summed E-state index contributed by atoms with van der Waals surface area (Å²) in [6, 6.07) is 3.70. The van der Waals surface area contributed by atoms with Crippen LogP contribution >= 0.6 is 0 Å². The van der Waals surface area contributed by atoms with Gasteiger partial charge < -0.3 is 15.7 Å². The Hall–Kier alpha value is -1.62. The predicted molar refractivity (Wildman–Crippen MR) is 74.1 cm³/mol. The van der Waals surface area contributed by atoms with Crippen molar-refractivity contribution in [2.45, 2.75) is 44.8 Å². The highest BCUT2D eigenvalue weighted by Crippen LogP contribution is 2.19. The van der Waals surface area contributed by atoms with Gasteiger partial charge in [-0.2, -0.15) is 0 Å². The minimum absolute atomic E-state index is 0.0922. The zero-order chi connectivity index (χ0) is 13.7. The molecule has 104 valence electrons. The number of nitrogens with zero attached hydrogens (tertiary/aromatic N) is 1. The molecule has 2 rings (SSSR count). The topological polar surface area (TPSA) is 74.2 Å². The van der Waals surface area contributed by atoms with Crippen LogP contribution in [0.4, 0.5) is 5.82 Å². The molecule has 5 heteroatoms. The van der Waals surface area contributed by atoms with E-state index in [0.29, 0.717) is 11.4 Å². The van der Waals surface area contributed by atoms with Gasteiger partial charge in [-0.1, -0.05) is 0 Å². The Balaban J connectivity index is 1.99. The van der Waals surface area contributed by atoms with Crippen molar-refractivity contribution in [3.05, 3.63) is 23.9 Å². The third kappa shape index (κ3) is 3.67. The van der Waals surface area contributed by atoms with E-state index in [4.69, 9.17) is 0 Å². The molecule has 1 aliphatic carbocycles. The summed E-state index contributed by atoms with van der Waals surface area (Å²) < 4.78 is 0. The number of amides is 1. The number of hydrogen-bond acceptors (Lipinski definition) is 4. The zero-order valence-electron chi connectivity index (χ0n) is 11.2. The Bertz CT molecular complexity index is 428. The van der Waals surface area contributed by atoms with Gasteiger partial charge >= 0.3 is 0 Å². The molecular weight excluding hydrogens is 242 g/mol. The molecule has 0 unspecified atom stereocenters. The van der Waals surface area contributed by atoms with Gasteiger partial charge in [0, 0.05) is 18.8 Å². The number of carbonyl (C=O) groups excluding carboxylic acids is 1.